The van der Waals surface area contributed by atoms with Crippen molar-refractivity contribution in [3.8, 4) is 0 Å². The van der Waals surface area contributed by atoms with Gasteiger partial charge in [-0.2, -0.15) is 0 Å². The van der Waals surface area contributed by atoms with Gasteiger partial charge in [-0.15, -0.1) is 0 Å². The second-order valence-corrected chi connectivity index (χ2v) is 10.5. The largest absolute Gasteiger partial charge is 0.376 e. The number of rotatable bonds is 16. The second-order valence-electron chi connectivity index (χ2n) is 7.81. The summed E-state index contributed by atoms with van der Waals surface area (Å²) in [5.74, 6) is 0. The molecule has 2 aliphatic heterocycles. The number of fused-ring (bicyclic) bond motifs is 1. The molecule has 176 valence electrons. The van der Waals surface area contributed by atoms with E-state index in [1.807, 2.05) is 0 Å². The first-order chi connectivity index (χ1) is 15.7. The molecular weight excluding hydrogens is 448 g/mol. The van der Waals surface area contributed by atoms with E-state index in [1.165, 1.54) is 20.6 Å². The normalized spacial score (nSPS) is 21.6. The van der Waals surface area contributed by atoms with Crippen LogP contribution in [-0.2, 0) is 28.4 Å². The molecule has 0 aliphatic carbocycles. The molecule has 4 atom stereocenters. The number of epoxide rings is 2. The zero-order chi connectivity index (χ0) is 22.2. The smallest absolute Gasteiger partial charge is 0.105 e. The van der Waals surface area contributed by atoms with Gasteiger partial charge in [0.1, 0.15) is 23.1 Å². The van der Waals surface area contributed by atoms with E-state index in [0.717, 1.165) is 13.2 Å². The fraction of sp³-hybridized carbons (Fsp3) is 0.583. The molecule has 4 rings (SSSR count). The fourth-order valence-electron chi connectivity index (χ4n) is 3.15. The Hall–Kier alpha value is -0.840. The van der Waals surface area contributed by atoms with Crippen LogP contribution in [0.4, 0.5) is 0 Å². The molecule has 2 fully saturated rings. The van der Waals surface area contributed by atoms with Crippen LogP contribution in [-0.4, -0.2) is 75.9 Å². The zero-order valence-electron chi connectivity index (χ0n) is 18.7. The van der Waals surface area contributed by atoms with Crippen LogP contribution in [0.1, 0.15) is 13.8 Å². The standard InChI is InChI=1S/C24H32O6S2/c1-17(27-10-8-25-13-20-15-29-20)31-22-6-7-23-19(12-22)4-3-5-24(23)32-18(2)28-11-9-26-14-21-16-30-21/h3-7,12,17-18,20-21H,8-11,13-16H2,1-2H3. The van der Waals surface area contributed by atoms with E-state index in [0.29, 0.717) is 51.8 Å². The molecule has 0 radical (unpaired) electrons. The molecule has 4 unspecified atom stereocenters. The predicted molar refractivity (Wildman–Crippen MR) is 128 cm³/mol. The third-order valence-electron chi connectivity index (χ3n) is 4.98. The van der Waals surface area contributed by atoms with Crippen LogP contribution >= 0.6 is 23.5 Å². The number of benzene rings is 2. The highest BCUT2D eigenvalue weighted by Gasteiger charge is 2.22. The lowest BCUT2D eigenvalue weighted by Crippen LogP contribution is -2.12. The Morgan fingerprint density at radius 3 is 2.09 bits per heavy atom. The van der Waals surface area contributed by atoms with Gasteiger partial charge >= 0.3 is 0 Å². The molecule has 2 aromatic rings. The second kappa shape index (κ2) is 12.6. The summed E-state index contributed by atoms with van der Waals surface area (Å²) in [5, 5.41) is 2.46. The lowest BCUT2D eigenvalue weighted by molar-refractivity contribution is 0.0370. The fourth-order valence-corrected chi connectivity index (χ4v) is 5.03. The minimum atomic E-state index is 0.0533. The van der Waals surface area contributed by atoms with Gasteiger partial charge in [0.25, 0.3) is 0 Å². The Morgan fingerprint density at radius 1 is 0.844 bits per heavy atom. The van der Waals surface area contributed by atoms with Crippen LogP contribution < -0.4 is 0 Å². The molecule has 2 saturated heterocycles. The van der Waals surface area contributed by atoms with Crippen molar-refractivity contribution in [1.29, 1.82) is 0 Å². The highest BCUT2D eigenvalue weighted by Crippen LogP contribution is 2.34. The minimum absolute atomic E-state index is 0.0533. The molecule has 0 amide bonds. The van der Waals surface area contributed by atoms with E-state index < -0.39 is 0 Å². The third kappa shape index (κ3) is 8.50. The van der Waals surface area contributed by atoms with Crippen molar-refractivity contribution >= 4 is 34.3 Å². The van der Waals surface area contributed by atoms with Crippen molar-refractivity contribution in [2.24, 2.45) is 0 Å². The van der Waals surface area contributed by atoms with Gasteiger partial charge in [0.15, 0.2) is 0 Å². The summed E-state index contributed by atoms with van der Waals surface area (Å²) in [7, 11) is 0. The summed E-state index contributed by atoms with van der Waals surface area (Å²) in [4.78, 5) is 2.42. The summed E-state index contributed by atoms with van der Waals surface area (Å²) < 4.78 is 33.1. The van der Waals surface area contributed by atoms with Gasteiger partial charge in [-0.05, 0) is 42.8 Å². The van der Waals surface area contributed by atoms with Gasteiger partial charge in [0.2, 0.25) is 0 Å². The van der Waals surface area contributed by atoms with Gasteiger partial charge in [0.05, 0.1) is 52.9 Å². The first-order valence-electron chi connectivity index (χ1n) is 11.2. The van der Waals surface area contributed by atoms with Crippen molar-refractivity contribution in [2.75, 3.05) is 52.9 Å². The Balaban J connectivity index is 1.21. The molecule has 6 nitrogen and oxygen atoms in total. The van der Waals surface area contributed by atoms with Crippen LogP contribution in [0.3, 0.4) is 0 Å². The molecule has 0 bridgehead atoms. The van der Waals surface area contributed by atoms with Crippen LogP contribution in [0.5, 0.6) is 0 Å². The maximum Gasteiger partial charge on any atom is 0.105 e. The highest BCUT2D eigenvalue weighted by atomic mass is 32.2. The van der Waals surface area contributed by atoms with E-state index in [9.17, 15) is 0 Å². The summed E-state index contributed by atoms with van der Waals surface area (Å²) in [6, 6.07) is 13.0. The van der Waals surface area contributed by atoms with Crippen LogP contribution in [0.2, 0.25) is 0 Å². The molecule has 2 aromatic carbocycles. The van der Waals surface area contributed by atoms with E-state index >= 15 is 0 Å². The van der Waals surface area contributed by atoms with Crippen molar-refractivity contribution in [1.82, 2.24) is 0 Å². The van der Waals surface area contributed by atoms with Crippen molar-refractivity contribution < 1.29 is 28.4 Å². The number of ether oxygens (including phenoxy) is 6. The number of hydrogen-bond acceptors (Lipinski definition) is 8. The molecule has 0 saturated carbocycles. The summed E-state index contributed by atoms with van der Waals surface area (Å²) >= 11 is 3.45. The van der Waals surface area contributed by atoms with E-state index in [2.05, 4.69) is 50.2 Å². The molecule has 8 heteroatoms. The molecule has 0 aromatic heterocycles. The van der Waals surface area contributed by atoms with E-state index in [1.54, 1.807) is 23.5 Å². The van der Waals surface area contributed by atoms with Crippen LogP contribution in [0.15, 0.2) is 46.2 Å². The van der Waals surface area contributed by atoms with Gasteiger partial charge in [0, 0.05) is 9.79 Å². The molecule has 32 heavy (non-hydrogen) atoms. The molecule has 0 spiro atoms. The topological polar surface area (TPSA) is 62.0 Å². The van der Waals surface area contributed by atoms with Gasteiger partial charge in [-0.1, -0.05) is 41.7 Å². The zero-order valence-corrected chi connectivity index (χ0v) is 20.3. The maximum atomic E-state index is 5.90. The minimum Gasteiger partial charge on any atom is -0.376 e. The van der Waals surface area contributed by atoms with Crippen molar-refractivity contribution in [3.63, 3.8) is 0 Å². The summed E-state index contributed by atoms with van der Waals surface area (Å²) in [6.45, 7) is 9.52. The lowest BCUT2D eigenvalue weighted by Gasteiger charge is -2.16. The van der Waals surface area contributed by atoms with Crippen LogP contribution in [0, 0.1) is 0 Å². The molecular formula is C24H32O6S2. The van der Waals surface area contributed by atoms with Crippen molar-refractivity contribution in [2.45, 2.75) is 46.7 Å². The quantitative estimate of drug-likeness (QED) is 0.150. The van der Waals surface area contributed by atoms with Crippen molar-refractivity contribution in [3.05, 3.63) is 36.4 Å². The molecule has 2 aliphatic rings. The SMILES string of the molecule is CC(OCCOCC1CO1)Sc1ccc2c(SC(C)OCCOCC3CO3)cccc2c1. The summed E-state index contributed by atoms with van der Waals surface area (Å²) in [5.41, 5.74) is 0.116. The average molecular weight is 481 g/mol. The Morgan fingerprint density at radius 2 is 1.47 bits per heavy atom. The average Bonchev–Trinajstić information content (AvgIpc) is 3.69. The number of thioether (sulfide) groups is 2. The highest BCUT2D eigenvalue weighted by molar-refractivity contribution is 8.00. The van der Waals surface area contributed by atoms with Crippen LogP contribution in [0.25, 0.3) is 10.8 Å². The number of hydrogen-bond donors (Lipinski definition) is 0. The first kappa shape index (κ1) is 24.3. The van der Waals surface area contributed by atoms with Gasteiger partial charge in [-0.3, -0.25) is 0 Å². The Bertz CT molecular complexity index is 842. The predicted octanol–water partition coefficient (Wildman–Crippen LogP) is 4.58. The maximum absolute atomic E-state index is 5.90. The Labute approximate surface area is 198 Å². The Kier molecular flexibility index (Phi) is 9.54. The lowest BCUT2D eigenvalue weighted by atomic mass is 10.1. The van der Waals surface area contributed by atoms with E-state index in [4.69, 9.17) is 28.4 Å². The van der Waals surface area contributed by atoms with Gasteiger partial charge in [-0.25, -0.2) is 0 Å². The molecule has 0 N–H and O–H groups in total. The monoisotopic (exact) mass is 480 g/mol. The first-order valence-corrected chi connectivity index (χ1v) is 12.9. The third-order valence-corrected chi connectivity index (χ3v) is 7.05. The summed E-state index contributed by atoms with van der Waals surface area (Å²) in [6.07, 6.45) is 0.607. The molecule has 2 heterocycles. The van der Waals surface area contributed by atoms with Gasteiger partial charge < -0.3 is 28.4 Å². The van der Waals surface area contributed by atoms with E-state index in [-0.39, 0.29) is 10.9 Å².